The molecule has 1 aromatic rings. The largest absolute Gasteiger partial charge is 0.493 e. The molecule has 5 nitrogen and oxygen atoms in total. The molecule has 0 saturated carbocycles. The second-order valence-corrected chi connectivity index (χ2v) is 4.50. The van der Waals surface area contributed by atoms with E-state index >= 15 is 0 Å². The van der Waals surface area contributed by atoms with Gasteiger partial charge in [0.15, 0.2) is 11.5 Å². The Morgan fingerprint density at radius 3 is 1.95 bits per heavy atom. The average molecular weight is 270 g/mol. The Labute approximate surface area is 114 Å². The lowest BCUT2D eigenvalue weighted by molar-refractivity contribution is 0.00832. The first-order valence-electron chi connectivity index (χ1n) is 6.12. The summed E-state index contributed by atoms with van der Waals surface area (Å²) in [4.78, 5) is 0. The first kappa shape index (κ1) is 15.4. The molecular weight excluding hydrogens is 248 g/mol. The smallest absolute Gasteiger partial charge is 0.203 e. The molecule has 19 heavy (non-hydrogen) atoms. The molecule has 1 N–H and O–H groups in total. The summed E-state index contributed by atoms with van der Waals surface area (Å²) in [5, 5.41) is 9.93. The van der Waals surface area contributed by atoms with Gasteiger partial charge in [0.1, 0.15) is 12.4 Å². The Hall–Kier alpha value is -1.62. The average Bonchev–Trinajstić information content (AvgIpc) is 2.43. The van der Waals surface area contributed by atoms with Crippen molar-refractivity contribution >= 4 is 0 Å². The van der Waals surface area contributed by atoms with Gasteiger partial charge in [-0.05, 0) is 13.3 Å². The lowest BCUT2D eigenvalue weighted by Gasteiger charge is -2.22. The molecule has 1 unspecified atom stereocenters. The molecule has 0 amide bonds. The Balaban J connectivity index is 2.97. The van der Waals surface area contributed by atoms with Crippen LogP contribution in [0.2, 0.25) is 0 Å². The zero-order chi connectivity index (χ0) is 14.5. The van der Waals surface area contributed by atoms with Gasteiger partial charge in [0, 0.05) is 12.1 Å². The van der Waals surface area contributed by atoms with Crippen LogP contribution in [0.15, 0.2) is 12.1 Å². The Bertz CT molecular complexity index is 389. The Morgan fingerprint density at radius 2 is 1.58 bits per heavy atom. The van der Waals surface area contributed by atoms with Crippen LogP contribution < -0.4 is 18.9 Å². The van der Waals surface area contributed by atoms with Crippen LogP contribution in [0.4, 0.5) is 0 Å². The third-order valence-corrected chi connectivity index (χ3v) is 2.95. The maximum absolute atomic E-state index is 9.93. The van der Waals surface area contributed by atoms with E-state index in [1.165, 1.54) is 0 Å². The maximum atomic E-state index is 9.93. The molecule has 1 atom stereocenters. The van der Waals surface area contributed by atoms with E-state index in [1.807, 2.05) is 6.92 Å². The normalized spacial score (nSPS) is 13.6. The fraction of sp³-hybridized carbons (Fsp3) is 0.571. The van der Waals surface area contributed by atoms with Crippen molar-refractivity contribution in [2.75, 3.05) is 27.9 Å². The molecule has 1 aromatic carbocycles. The number of hydrogen-bond acceptors (Lipinski definition) is 5. The van der Waals surface area contributed by atoms with Crippen LogP contribution in [0.1, 0.15) is 20.3 Å². The van der Waals surface area contributed by atoms with Crippen molar-refractivity contribution in [3.8, 4) is 23.0 Å². The molecule has 0 spiro atoms. The second-order valence-electron chi connectivity index (χ2n) is 4.50. The molecule has 0 heterocycles. The SMILES string of the molecule is CCC(C)(O)COc1cc(OC)c(OC)c(OC)c1. The van der Waals surface area contributed by atoms with Crippen LogP contribution in [0.3, 0.4) is 0 Å². The van der Waals surface area contributed by atoms with Crippen molar-refractivity contribution in [1.29, 1.82) is 0 Å². The number of ether oxygens (including phenoxy) is 4. The van der Waals surface area contributed by atoms with Gasteiger partial charge in [0.2, 0.25) is 5.75 Å². The van der Waals surface area contributed by atoms with Crippen LogP contribution in [0.25, 0.3) is 0 Å². The minimum absolute atomic E-state index is 0.197. The van der Waals surface area contributed by atoms with E-state index in [0.717, 1.165) is 0 Å². The predicted molar refractivity (Wildman–Crippen MR) is 72.5 cm³/mol. The van der Waals surface area contributed by atoms with Gasteiger partial charge in [-0.3, -0.25) is 0 Å². The van der Waals surface area contributed by atoms with Gasteiger partial charge in [-0.15, -0.1) is 0 Å². The van der Waals surface area contributed by atoms with Crippen LogP contribution in [-0.4, -0.2) is 38.6 Å². The second kappa shape index (κ2) is 6.52. The van der Waals surface area contributed by atoms with E-state index in [-0.39, 0.29) is 6.61 Å². The highest BCUT2D eigenvalue weighted by molar-refractivity contribution is 5.55. The van der Waals surface area contributed by atoms with Gasteiger partial charge in [-0.25, -0.2) is 0 Å². The highest BCUT2D eigenvalue weighted by atomic mass is 16.5. The third kappa shape index (κ3) is 3.92. The summed E-state index contributed by atoms with van der Waals surface area (Å²) in [5.74, 6) is 2.11. The molecule has 108 valence electrons. The van der Waals surface area contributed by atoms with E-state index < -0.39 is 5.60 Å². The highest BCUT2D eigenvalue weighted by Crippen LogP contribution is 2.40. The van der Waals surface area contributed by atoms with Crippen LogP contribution in [0.5, 0.6) is 23.0 Å². The topological polar surface area (TPSA) is 57.2 Å². The molecule has 5 heteroatoms. The highest BCUT2D eigenvalue weighted by Gasteiger charge is 2.20. The van der Waals surface area contributed by atoms with E-state index in [2.05, 4.69) is 0 Å². The first-order valence-corrected chi connectivity index (χ1v) is 6.12. The van der Waals surface area contributed by atoms with E-state index in [9.17, 15) is 5.11 Å². The fourth-order valence-electron chi connectivity index (χ4n) is 1.48. The van der Waals surface area contributed by atoms with Crippen molar-refractivity contribution in [3.05, 3.63) is 12.1 Å². The summed E-state index contributed by atoms with van der Waals surface area (Å²) in [6.45, 7) is 3.83. The third-order valence-electron chi connectivity index (χ3n) is 2.95. The van der Waals surface area contributed by atoms with Gasteiger partial charge < -0.3 is 24.1 Å². The number of benzene rings is 1. The van der Waals surface area contributed by atoms with Crippen molar-refractivity contribution < 1.29 is 24.1 Å². The maximum Gasteiger partial charge on any atom is 0.203 e. The van der Waals surface area contributed by atoms with Gasteiger partial charge in [0.25, 0.3) is 0 Å². The van der Waals surface area contributed by atoms with Gasteiger partial charge in [0.05, 0.1) is 26.9 Å². The van der Waals surface area contributed by atoms with E-state index in [1.54, 1.807) is 40.4 Å². The molecule has 1 rings (SSSR count). The predicted octanol–water partition coefficient (Wildman–Crippen LogP) is 2.25. The van der Waals surface area contributed by atoms with E-state index in [0.29, 0.717) is 29.4 Å². The molecule has 0 aliphatic heterocycles. The standard InChI is InChI=1S/C14H22O5/c1-6-14(2,15)9-19-10-7-11(16-3)13(18-5)12(8-10)17-4/h7-8,15H,6,9H2,1-5H3. The van der Waals surface area contributed by atoms with Crippen molar-refractivity contribution in [2.45, 2.75) is 25.9 Å². The van der Waals surface area contributed by atoms with Crippen molar-refractivity contribution in [1.82, 2.24) is 0 Å². The van der Waals surface area contributed by atoms with E-state index in [4.69, 9.17) is 18.9 Å². The zero-order valence-corrected chi connectivity index (χ0v) is 12.1. The molecule has 0 aliphatic rings. The monoisotopic (exact) mass is 270 g/mol. The minimum atomic E-state index is -0.861. The summed E-state index contributed by atoms with van der Waals surface area (Å²) < 4.78 is 21.3. The zero-order valence-electron chi connectivity index (χ0n) is 12.1. The Kier molecular flexibility index (Phi) is 5.30. The minimum Gasteiger partial charge on any atom is -0.493 e. The molecule has 0 aromatic heterocycles. The van der Waals surface area contributed by atoms with Crippen molar-refractivity contribution in [2.24, 2.45) is 0 Å². The molecule has 0 aliphatic carbocycles. The molecule has 0 fully saturated rings. The summed E-state index contributed by atoms with van der Waals surface area (Å²) in [6.07, 6.45) is 0.609. The van der Waals surface area contributed by atoms with Gasteiger partial charge in [-0.2, -0.15) is 0 Å². The molecule has 0 bridgehead atoms. The lowest BCUT2D eigenvalue weighted by Crippen LogP contribution is -2.31. The number of rotatable bonds is 7. The molecule has 0 saturated heterocycles. The molecule has 0 radical (unpaired) electrons. The van der Waals surface area contributed by atoms with Crippen LogP contribution >= 0.6 is 0 Å². The summed E-state index contributed by atoms with van der Waals surface area (Å²) >= 11 is 0. The Morgan fingerprint density at radius 1 is 1.05 bits per heavy atom. The summed E-state index contributed by atoms with van der Waals surface area (Å²) in [5.41, 5.74) is -0.861. The quantitative estimate of drug-likeness (QED) is 0.823. The summed E-state index contributed by atoms with van der Waals surface area (Å²) in [7, 11) is 4.63. The van der Waals surface area contributed by atoms with Gasteiger partial charge >= 0.3 is 0 Å². The van der Waals surface area contributed by atoms with Crippen molar-refractivity contribution in [3.63, 3.8) is 0 Å². The summed E-state index contributed by atoms with van der Waals surface area (Å²) in [6, 6.07) is 3.40. The van der Waals surface area contributed by atoms with Gasteiger partial charge in [-0.1, -0.05) is 6.92 Å². The van der Waals surface area contributed by atoms with Crippen LogP contribution in [-0.2, 0) is 0 Å². The number of aliphatic hydroxyl groups is 1. The first-order chi connectivity index (χ1) is 8.97. The fourth-order valence-corrected chi connectivity index (χ4v) is 1.48. The number of hydrogen-bond donors (Lipinski definition) is 1. The van der Waals surface area contributed by atoms with Crippen LogP contribution in [0, 0.1) is 0 Å². The number of methoxy groups -OCH3 is 3. The molecular formula is C14H22O5. The lowest BCUT2D eigenvalue weighted by atomic mass is 10.1.